The monoisotopic (exact) mass is 399 g/mol. The highest BCUT2D eigenvalue weighted by Gasteiger charge is 2.17. The number of fused-ring (bicyclic) bond motifs is 1. The van der Waals surface area contributed by atoms with Gasteiger partial charge in [-0.15, -0.1) is 0 Å². The molecule has 2 aromatic heterocycles. The molecule has 0 bridgehead atoms. The second-order valence-electron chi connectivity index (χ2n) is 5.57. The Morgan fingerprint density at radius 1 is 1.16 bits per heavy atom. The van der Waals surface area contributed by atoms with Gasteiger partial charge in [0.1, 0.15) is 11.4 Å². The van der Waals surface area contributed by atoms with Crippen molar-refractivity contribution >= 4 is 26.8 Å². The summed E-state index contributed by atoms with van der Waals surface area (Å²) in [5.41, 5.74) is 1.28. The summed E-state index contributed by atoms with van der Waals surface area (Å²) in [6.45, 7) is 0. The number of pyridine rings is 1. The Labute approximate surface area is 149 Å². The zero-order valence-corrected chi connectivity index (χ0v) is 14.6. The van der Waals surface area contributed by atoms with Gasteiger partial charge in [0.2, 0.25) is 11.3 Å². The highest BCUT2D eigenvalue weighted by atomic mass is 79.9. The van der Waals surface area contributed by atoms with Crippen LogP contribution in [0, 0.1) is 5.82 Å². The summed E-state index contributed by atoms with van der Waals surface area (Å²) < 4.78 is 21.5. The number of nitrogens with zero attached hydrogens (tertiary/aromatic N) is 3. The minimum Gasteiger partial charge on any atom is -0.350 e. The second kappa shape index (κ2) is 5.93. The van der Waals surface area contributed by atoms with Gasteiger partial charge in [0, 0.05) is 28.7 Å². The molecule has 0 N–H and O–H groups in total. The number of hydrogen-bond donors (Lipinski definition) is 0. The predicted molar refractivity (Wildman–Crippen MR) is 95.6 cm³/mol. The van der Waals surface area contributed by atoms with Crippen LogP contribution in [0.1, 0.15) is 0 Å². The van der Waals surface area contributed by atoms with Gasteiger partial charge in [-0.3, -0.25) is 4.79 Å². The Morgan fingerprint density at radius 3 is 2.68 bits per heavy atom. The minimum absolute atomic E-state index is 0.102. The zero-order valence-electron chi connectivity index (χ0n) is 13.0. The third-order valence-corrected chi connectivity index (χ3v) is 4.44. The van der Waals surface area contributed by atoms with E-state index in [1.165, 1.54) is 12.1 Å². The third kappa shape index (κ3) is 2.76. The standard InChI is InChI=1S/C18H11BrFN3O2/c1-23-9-14(16(24)13-8-12(20)6-7-15(13)23)18-21-17(22-25-18)10-2-4-11(19)5-3-10/h2-9H,1H3. The summed E-state index contributed by atoms with van der Waals surface area (Å²) in [6, 6.07) is 11.5. The first-order chi connectivity index (χ1) is 12.0. The number of halogens is 2. The normalized spacial score (nSPS) is 11.2. The molecule has 4 rings (SSSR count). The highest BCUT2D eigenvalue weighted by Crippen LogP contribution is 2.23. The number of hydrogen-bond acceptors (Lipinski definition) is 4. The zero-order chi connectivity index (χ0) is 17.6. The third-order valence-electron chi connectivity index (χ3n) is 3.91. The molecule has 7 heteroatoms. The summed E-state index contributed by atoms with van der Waals surface area (Å²) in [5.74, 6) is 0.0106. The van der Waals surface area contributed by atoms with Gasteiger partial charge < -0.3 is 9.09 Å². The summed E-state index contributed by atoms with van der Waals surface area (Å²) in [6.07, 6.45) is 1.61. The summed E-state index contributed by atoms with van der Waals surface area (Å²) in [5, 5.41) is 4.20. The van der Waals surface area contributed by atoms with Crippen molar-refractivity contribution in [2.45, 2.75) is 0 Å². The van der Waals surface area contributed by atoms with Gasteiger partial charge >= 0.3 is 0 Å². The Kier molecular flexibility index (Phi) is 3.73. The van der Waals surface area contributed by atoms with Crippen molar-refractivity contribution in [2.24, 2.45) is 7.05 Å². The molecule has 25 heavy (non-hydrogen) atoms. The van der Waals surface area contributed by atoms with Crippen LogP contribution < -0.4 is 5.43 Å². The lowest BCUT2D eigenvalue weighted by Crippen LogP contribution is -2.10. The van der Waals surface area contributed by atoms with E-state index < -0.39 is 5.82 Å². The number of rotatable bonds is 2. The lowest BCUT2D eigenvalue weighted by molar-refractivity contribution is 0.432. The van der Waals surface area contributed by atoms with Crippen LogP contribution >= 0.6 is 15.9 Å². The van der Waals surface area contributed by atoms with Crippen LogP contribution in [0.5, 0.6) is 0 Å². The van der Waals surface area contributed by atoms with Crippen molar-refractivity contribution in [3.8, 4) is 22.8 Å². The van der Waals surface area contributed by atoms with Crippen LogP contribution in [0.3, 0.4) is 0 Å². The Morgan fingerprint density at radius 2 is 1.92 bits per heavy atom. The van der Waals surface area contributed by atoms with E-state index in [4.69, 9.17) is 4.52 Å². The van der Waals surface area contributed by atoms with Gasteiger partial charge in [0.15, 0.2) is 0 Å². The molecule has 0 aliphatic heterocycles. The maximum atomic E-state index is 13.5. The van der Waals surface area contributed by atoms with Crippen molar-refractivity contribution < 1.29 is 8.91 Å². The van der Waals surface area contributed by atoms with Crippen LogP contribution in [0.2, 0.25) is 0 Å². The minimum atomic E-state index is -0.470. The summed E-state index contributed by atoms with van der Waals surface area (Å²) in [4.78, 5) is 17.0. The molecule has 0 atom stereocenters. The Balaban J connectivity index is 1.87. The van der Waals surface area contributed by atoms with Gasteiger partial charge in [-0.1, -0.05) is 21.1 Å². The SMILES string of the molecule is Cn1cc(-c2nc(-c3ccc(Br)cc3)no2)c(=O)c2cc(F)ccc21. The molecule has 0 radical (unpaired) electrons. The van der Waals surface area contributed by atoms with Crippen LogP contribution in [0.4, 0.5) is 4.39 Å². The molecule has 0 unspecified atom stereocenters. The van der Waals surface area contributed by atoms with E-state index in [-0.39, 0.29) is 22.3 Å². The highest BCUT2D eigenvalue weighted by molar-refractivity contribution is 9.10. The molecule has 2 heterocycles. The second-order valence-corrected chi connectivity index (χ2v) is 6.49. The van der Waals surface area contributed by atoms with Crippen molar-refractivity contribution in [1.82, 2.24) is 14.7 Å². The van der Waals surface area contributed by atoms with E-state index in [2.05, 4.69) is 26.1 Å². The maximum Gasteiger partial charge on any atom is 0.263 e. The Bertz CT molecular complexity index is 1150. The first-order valence-electron chi connectivity index (χ1n) is 7.42. The molecule has 0 spiro atoms. The van der Waals surface area contributed by atoms with E-state index in [1.807, 2.05) is 24.3 Å². The van der Waals surface area contributed by atoms with Crippen LogP contribution in [-0.2, 0) is 7.05 Å². The molecule has 0 aliphatic rings. The van der Waals surface area contributed by atoms with Crippen molar-refractivity contribution in [3.63, 3.8) is 0 Å². The van der Waals surface area contributed by atoms with E-state index in [0.717, 1.165) is 10.0 Å². The smallest absolute Gasteiger partial charge is 0.263 e. The number of aromatic nitrogens is 3. The van der Waals surface area contributed by atoms with Crippen molar-refractivity contribution in [2.75, 3.05) is 0 Å². The van der Waals surface area contributed by atoms with Crippen molar-refractivity contribution in [3.05, 3.63) is 69.2 Å². The topological polar surface area (TPSA) is 60.9 Å². The molecule has 0 amide bonds. The number of aryl methyl sites for hydroxylation is 1. The van der Waals surface area contributed by atoms with Crippen LogP contribution in [-0.4, -0.2) is 14.7 Å². The first kappa shape index (κ1) is 15.7. The molecule has 0 aliphatic carbocycles. The quantitative estimate of drug-likeness (QED) is 0.507. The molecule has 2 aromatic carbocycles. The van der Waals surface area contributed by atoms with Crippen LogP contribution in [0.15, 0.2) is 62.5 Å². The molecular weight excluding hydrogens is 389 g/mol. The summed E-state index contributed by atoms with van der Waals surface area (Å²) >= 11 is 3.37. The Hall–Kier alpha value is -2.80. The molecule has 5 nitrogen and oxygen atoms in total. The fourth-order valence-electron chi connectivity index (χ4n) is 2.67. The van der Waals surface area contributed by atoms with Crippen molar-refractivity contribution in [1.29, 1.82) is 0 Å². The van der Waals surface area contributed by atoms with E-state index in [9.17, 15) is 9.18 Å². The molecular formula is C18H11BrFN3O2. The van der Waals surface area contributed by atoms with Gasteiger partial charge in [-0.25, -0.2) is 4.39 Å². The lowest BCUT2D eigenvalue weighted by atomic mass is 10.1. The van der Waals surface area contributed by atoms with Gasteiger partial charge in [-0.2, -0.15) is 4.98 Å². The fraction of sp³-hybridized carbons (Fsp3) is 0.0556. The molecule has 4 aromatic rings. The average Bonchev–Trinajstić information content (AvgIpc) is 3.08. The fourth-order valence-corrected chi connectivity index (χ4v) is 2.93. The van der Waals surface area contributed by atoms with E-state index >= 15 is 0 Å². The van der Waals surface area contributed by atoms with Crippen LogP contribution in [0.25, 0.3) is 33.7 Å². The molecule has 0 fully saturated rings. The van der Waals surface area contributed by atoms with Gasteiger partial charge in [0.05, 0.1) is 5.52 Å². The maximum absolute atomic E-state index is 13.5. The van der Waals surface area contributed by atoms with E-state index in [1.54, 1.807) is 23.9 Å². The number of benzene rings is 2. The van der Waals surface area contributed by atoms with E-state index in [0.29, 0.717) is 11.3 Å². The largest absolute Gasteiger partial charge is 0.350 e. The summed E-state index contributed by atoms with van der Waals surface area (Å²) in [7, 11) is 1.77. The van der Waals surface area contributed by atoms with Gasteiger partial charge in [0.25, 0.3) is 5.89 Å². The molecule has 124 valence electrons. The lowest BCUT2D eigenvalue weighted by Gasteiger charge is -2.06. The average molecular weight is 400 g/mol. The predicted octanol–water partition coefficient (Wildman–Crippen LogP) is 4.16. The van der Waals surface area contributed by atoms with Gasteiger partial charge in [-0.05, 0) is 42.5 Å². The first-order valence-corrected chi connectivity index (χ1v) is 8.21. The molecule has 0 saturated carbocycles. The molecule has 0 saturated heterocycles.